The first kappa shape index (κ1) is 14.9. The Kier molecular flexibility index (Phi) is 5.01. The first-order chi connectivity index (χ1) is 9.61. The monoisotopic (exact) mass is 275 g/mol. The van der Waals surface area contributed by atoms with Crippen molar-refractivity contribution >= 4 is 11.6 Å². The van der Waals surface area contributed by atoms with Gasteiger partial charge in [-0.1, -0.05) is 13.0 Å². The Morgan fingerprint density at radius 3 is 2.90 bits per heavy atom. The molecule has 4 nitrogen and oxygen atoms in total. The van der Waals surface area contributed by atoms with E-state index in [2.05, 4.69) is 23.2 Å². The number of carbonyl (C=O) groups is 1. The van der Waals surface area contributed by atoms with Crippen molar-refractivity contribution in [3.63, 3.8) is 0 Å². The van der Waals surface area contributed by atoms with Crippen LogP contribution in [-0.2, 0) is 0 Å². The molecule has 0 aliphatic carbocycles. The molecule has 4 heteroatoms. The van der Waals surface area contributed by atoms with Gasteiger partial charge in [0, 0.05) is 24.8 Å². The molecule has 3 N–H and O–H groups in total. The normalized spacial score (nSPS) is 18.2. The molecule has 0 saturated carbocycles. The Hall–Kier alpha value is -1.55. The van der Waals surface area contributed by atoms with Crippen LogP contribution in [0, 0.1) is 6.92 Å². The average molecular weight is 275 g/mol. The molecule has 1 amide bonds. The zero-order chi connectivity index (χ0) is 14.5. The minimum absolute atomic E-state index is 0.347. The van der Waals surface area contributed by atoms with E-state index in [0.717, 1.165) is 37.3 Å². The number of carbonyl (C=O) groups excluding carboxylic acids is 1. The van der Waals surface area contributed by atoms with Crippen molar-refractivity contribution in [2.24, 2.45) is 5.73 Å². The van der Waals surface area contributed by atoms with E-state index in [4.69, 9.17) is 5.73 Å². The van der Waals surface area contributed by atoms with Gasteiger partial charge in [0.15, 0.2) is 0 Å². The number of hydrogen-bond acceptors (Lipinski definition) is 3. The van der Waals surface area contributed by atoms with Crippen molar-refractivity contribution in [2.75, 3.05) is 24.5 Å². The lowest BCUT2D eigenvalue weighted by atomic mass is 10.1. The summed E-state index contributed by atoms with van der Waals surface area (Å²) in [7, 11) is 0. The number of amides is 1. The maximum absolute atomic E-state index is 11.7. The van der Waals surface area contributed by atoms with Crippen LogP contribution >= 0.6 is 0 Å². The Labute approximate surface area is 121 Å². The molecule has 1 atom stereocenters. The van der Waals surface area contributed by atoms with E-state index in [1.165, 1.54) is 12.8 Å². The summed E-state index contributed by atoms with van der Waals surface area (Å²) in [5, 5.41) is 3.52. The molecule has 1 aliphatic heterocycles. The topological polar surface area (TPSA) is 58.4 Å². The van der Waals surface area contributed by atoms with Crippen LogP contribution in [0.1, 0.15) is 42.1 Å². The van der Waals surface area contributed by atoms with Crippen molar-refractivity contribution in [1.29, 1.82) is 0 Å². The smallest absolute Gasteiger partial charge is 0.250 e. The quantitative estimate of drug-likeness (QED) is 0.835. The van der Waals surface area contributed by atoms with Crippen LogP contribution in [0.5, 0.6) is 0 Å². The highest BCUT2D eigenvalue weighted by Gasteiger charge is 2.20. The number of nitrogens with two attached hydrogens (primary N) is 1. The summed E-state index contributed by atoms with van der Waals surface area (Å²) in [5.41, 5.74) is 8.29. The van der Waals surface area contributed by atoms with Crippen LogP contribution in [0.2, 0.25) is 0 Å². The molecule has 1 aromatic rings. The zero-order valence-electron chi connectivity index (χ0n) is 12.5. The second-order valence-electron chi connectivity index (χ2n) is 5.62. The van der Waals surface area contributed by atoms with Gasteiger partial charge >= 0.3 is 0 Å². The first-order valence-corrected chi connectivity index (χ1v) is 7.50. The number of benzene rings is 1. The molecule has 1 saturated heterocycles. The van der Waals surface area contributed by atoms with Crippen molar-refractivity contribution < 1.29 is 4.79 Å². The molecule has 1 aliphatic rings. The fourth-order valence-electron chi connectivity index (χ4n) is 2.87. The van der Waals surface area contributed by atoms with Gasteiger partial charge in [-0.15, -0.1) is 0 Å². The van der Waals surface area contributed by atoms with Crippen molar-refractivity contribution in [2.45, 2.75) is 39.2 Å². The number of nitrogens with one attached hydrogen (secondary N) is 1. The van der Waals surface area contributed by atoms with E-state index >= 15 is 0 Å². The maximum atomic E-state index is 11.7. The summed E-state index contributed by atoms with van der Waals surface area (Å²) < 4.78 is 0. The van der Waals surface area contributed by atoms with Gasteiger partial charge in [-0.3, -0.25) is 4.79 Å². The second-order valence-corrected chi connectivity index (χ2v) is 5.62. The minimum Gasteiger partial charge on any atom is -0.369 e. The molecule has 1 unspecified atom stereocenters. The minimum atomic E-state index is -0.347. The van der Waals surface area contributed by atoms with Crippen LogP contribution in [0.15, 0.2) is 18.2 Å². The van der Waals surface area contributed by atoms with Gasteiger partial charge in [-0.2, -0.15) is 0 Å². The number of aryl methyl sites for hydroxylation is 1. The molecule has 1 fully saturated rings. The van der Waals surface area contributed by atoms with Gasteiger partial charge in [0.1, 0.15) is 0 Å². The average Bonchev–Trinajstić information content (AvgIpc) is 2.90. The molecule has 1 aromatic carbocycles. The third-order valence-corrected chi connectivity index (χ3v) is 3.86. The summed E-state index contributed by atoms with van der Waals surface area (Å²) in [6.07, 6.45) is 3.50. The Morgan fingerprint density at radius 2 is 2.30 bits per heavy atom. The van der Waals surface area contributed by atoms with E-state index in [0.29, 0.717) is 11.6 Å². The van der Waals surface area contributed by atoms with Crippen LogP contribution in [0.4, 0.5) is 5.69 Å². The first-order valence-electron chi connectivity index (χ1n) is 7.50. The predicted molar refractivity (Wildman–Crippen MR) is 83.2 cm³/mol. The Bertz CT molecular complexity index is 467. The highest BCUT2D eigenvalue weighted by molar-refractivity contribution is 5.98. The molecule has 110 valence electrons. The number of primary amides is 1. The fourth-order valence-corrected chi connectivity index (χ4v) is 2.87. The lowest BCUT2D eigenvalue weighted by molar-refractivity contribution is 0.100. The molecule has 20 heavy (non-hydrogen) atoms. The third kappa shape index (κ3) is 3.51. The van der Waals surface area contributed by atoms with E-state index in [-0.39, 0.29) is 5.91 Å². The maximum Gasteiger partial charge on any atom is 0.250 e. The SMILES string of the molecule is CCCN(CC1CCCN1)c1cc(C)ccc1C(N)=O. The largest absolute Gasteiger partial charge is 0.369 e. The Balaban J connectivity index is 2.26. The molecular formula is C16H25N3O. The predicted octanol–water partition coefficient (Wildman–Crippen LogP) is 2.06. The molecule has 0 bridgehead atoms. The van der Waals surface area contributed by atoms with E-state index in [1.54, 1.807) is 0 Å². The number of hydrogen-bond donors (Lipinski definition) is 2. The summed E-state index contributed by atoms with van der Waals surface area (Å²) in [6, 6.07) is 6.38. The van der Waals surface area contributed by atoms with E-state index in [1.807, 2.05) is 19.1 Å². The van der Waals surface area contributed by atoms with Crippen LogP contribution in [0.25, 0.3) is 0 Å². The summed E-state index contributed by atoms with van der Waals surface area (Å²) in [5.74, 6) is -0.347. The number of nitrogens with zero attached hydrogens (tertiary/aromatic N) is 1. The van der Waals surface area contributed by atoms with Crippen molar-refractivity contribution in [1.82, 2.24) is 5.32 Å². The molecule has 0 spiro atoms. The van der Waals surface area contributed by atoms with Crippen LogP contribution < -0.4 is 16.0 Å². The van der Waals surface area contributed by atoms with Crippen LogP contribution in [0.3, 0.4) is 0 Å². The van der Waals surface area contributed by atoms with Crippen molar-refractivity contribution in [3.05, 3.63) is 29.3 Å². The van der Waals surface area contributed by atoms with Gasteiger partial charge in [0.2, 0.25) is 0 Å². The van der Waals surface area contributed by atoms with Gasteiger partial charge in [0.05, 0.1) is 5.56 Å². The summed E-state index contributed by atoms with van der Waals surface area (Å²) in [6.45, 7) is 7.20. The summed E-state index contributed by atoms with van der Waals surface area (Å²) in [4.78, 5) is 14.0. The highest BCUT2D eigenvalue weighted by Crippen LogP contribution is 2.23. The number of rotatable bonds is 6. The standard InChI is InChI=1S/C16H25N3O/c1-3-9-19(11-13-5-4-8-18-13)15-10-12(2)6-7-14(15)16(17)20/h6-7,10,13,18H,3-5,8-9,11H2,1-2H3,(H2,17,20). The van der Waals surface area contributed by atoms with Gasteiger partial charge in [-0.05, 0) is 50.4 Å². The molecule has 0 aromatic heterocycles. The zero-order valence-corrected chi connectivity index (χ0v) is 12.5. The van der Waals surface area contributed by atoms with E-state index in [9.17, 15) is 4.79 Å². The van der Waals surface area contributed by atoms with E-state index < -0.39 is 0 Å². The molecule has 2 rings (SSSR count). The Morgan fingerprint density at radius 1 is 1.50 bits per heavy atom. The lowest BCUT2D eigenvalue weighted by Gasteiger charge is -2.29. The molecule has 1 heterocycles. The fraction of sp³-hybridized carbons (Fsp3) is 0.562. The third-order valence-electron chi connectivity index (χ3n) is 3.86. The highest BCUT2D eigenvalue weighted by atomic mass is 16.1. The summed E-state index contributed by atoms with van der Waals surface area (Å²) >= 11 is 0. The van der Waals surface area contributed by atoms with Crippen molar-refractivity contribution in [3.8, 4) is 0 Å². The van der Waals surface area contributed by atoms with Gasteiger partial charge in [0.25, 0.3) is 5.91 Å². The molecule has 0 radical (unpaired) electrons. The second kappa shape index (κ2) is 6.75. The number of anilines is 1. The lowest BCUT2D eigenvalue weighted by Crippen LogP contribution is -2.39. The molecular weight excluding hydrogens is 250 g/mol. The van der Waals surface area contributed by atoms with Gasteiger partial charge in [-0.25, -0.2) is 0 Å². The van der Waals surface area contributed by atoms with Gasteiger partial charge < -0.3 is 16.0 Å². The van der Waals surface area contributed by atoms with Crippen LogP contribution in [-0.4, -0.2) is 31.6 Å².